The Labute approximate surface area is 176 Å². The first kappa shape index (κ1) is 19.8. The normalized spacial score (nSPS) is 21.1. The number of rotatable bonds is 3. The Morgan fingerprint density at radius 3 is 2.65 bits per heavy atom. The molecule has 0 saturated heterocycles. The van der Waals surface area contributed by atoms with Crippen LogP contribution in [-0.4, -0.2) is 33.6 Å². The SMILES string of the molecule is O=C1C2=CN=NC2c2ncc(-c3cncnc3C3CCCCC3)cc2N1CC(F)(F)F. The Balaban J connectivity index is 1.61. The third kappa shape index (κ3) is 3.60. The Morgan fingerprint density at radius 1 is 1.06 bits per heavy atom. The van der Waals surface area contributed by atoms with E-state index in [2.05, 4.69) is 25.2 Å². The van der Waals surface area contributed by atoms with Crippen molar-refractivity contribution in [2.45, 2.75) is 50.2 Å². The van der Waals surface area contributed by atoms with Crippen molar-refractivity contribution in [1.29, 1.82) is 0 Å². The van der Waals surface area contributed by atoms with Gasteiger partial charge < -0.3 is 0 Å². The molecule has 0 aromatic carbocycles. The van der Waals surface area contributed by atoms with Crippen molar-refractivity contribution in [1.82, 2.24) is 15.0 Å². The summed E-state index contributed by atoms with van der Waals surface area (Å²) >= 11 is 0. The highest BCUT2D eigenvalue weighted by atomic mass is 19.4. The van der Waals surface area contributed by atoms with Crippen LogP contribution in [0.1, 0.15) is 55.5 Å². The predicted octanol–water partition coefficient (Wildman–Crippen LogP) is 4.89. The third-order valence-corrected chi connectivity index (χ3v) is 6.00. The molecule has 1 atom stereocenters. The standard InChI is InChI=1S/C21H19F3N6O/c22-21(23,24)10-30-16-6-13(7-26-19(16)18-15(20(30)31)9-28-29-18)14-8-25-11-27-17(14)12-4-2-1-3-5-12/h6-9,11-12,18H,1-5,10H2. The molecule has 3 aliphatic rings. The second-order valence-electron chi connectivity index (χ2n) is 8.01. The maximum atomic E-state index is 13.3. The molecule has 1 unspecified atom stereocenters. The predicted molar refractivity (Wildman–Crippen MR) is 105 cm³/mol. The number of alkyl halides is 3. The Hall–Kier alpha value is -3.17. The second kappa shape index (κ2) is 7.51. The molecule has 1 saturated carbocycles. The first-order valence-corrected chi connectivity index (χ1v) is 10.2. The molecule has 1 aliphatic carbocycles. The van der Waals surface area contributed by atoms with E-state index in [0.29, 0.717) is 10.5 Å². The summed E-state index contributed by atoms with van der Waals surface area (Å²) in [5.74, 6) is -0.482. The summed E-state index contributed by atoms with van der Waals surface area (Å²) in [6.45, 7) is -1.41. The number of hydrogen-bond acceptors (Lipinski definition) is 6. The van der Waals surface area contributed by atoms with Crippen molar-refractivity contribution in [3.63, 3.8) is 0 Å². The van der Waals surface area contributed by atoms with Crippen LogP contribution in [0.25, 0.3) is 11.1 Å². The topological polar surface area (TPSA) is 83.7 Å². The quantitative estimate of drug-likeness (QED) is 0.697. The number of azo groups is 1. The molecule has 2 aromatic heterocycles. The lowest BCUT2D eigenvalue weighted by atomic mass is 9.84. The number of anilines is 1. The number of pyridine rings is 1. The molecule has 1 fully saturated rings. The van der Waals surface area contributed by atoms with Crippen molar-refractivity contribution in [2.75, 3.05) is 11.4 Å². The van der Waals surface area contributed by atoms with Crippen LogP contribution in [-0.2, 0) is 4.79 Å². The van der Waals surface area contributed by atoms with E-state index in [1.54, 1.807) is 18.5 Å². The number of amides is 1. The van der Waals surface area contributed by atoms with Gasteiger partial charge in [0.2, 0.25) is 0 Å². The number of fused-ring (bicyclic) bond motifs is 3. The summed E-state index contributed by atoms with van der Waals surface area (Å²) in [4.78, 5) is 26.6. The molecule has 0 radical (unpaired) electrons. The van der Waals surface area contributed by atoms with Crippen molar-refractivity contribution >= 4 is 11.6 Å². The smallest absolute Gasteiger partial charge is 0.297 e. The number of aromatic nitrogens is 3. The molecule has 10 heteroatoms. The third-order valence-electron chi connectivity index (χ3n) is 6.00. The summed E-state index contributed by atoms with van der Waals surface area (Å²) < 4.78 is 39.8. The van der Waals surface area contributed by atoms with Crippen molar-refractivity contribution in [3.8, 4) is 11.1 Å². The highest BCUT2D eigenvalue weighted by Crippen LogP contribution is 2.44. The zero-order valence-corrected chi connectivity index (χ0v) is 16.5. The fourth-order valence-electron chi connectivity index (χ4n) is 4.57. The van der Waals surface area contributed by atoms with Gasteiger partial charge in [-0.3, -0.25) is 14.7 Å². The molecule has 2 aromatic rings. The number of halogens is 3. The molecular weight excluding hydrogens is 409 g/mol. The van der Waals surface area contributed by atoms with Crippen LogP contribution in [0, 0.1) is 0 Å². The average molecular weight is 428 g/mol. The number of carbonyl (C=O) groups excluding carboxylic acids is 1. The van der Waals surface area contributed by atoms with E-state index in [-0.39, 0.29) is 22.9 Å². The van der Waals surface area contributed by atoms with Gasteiger partial charge in [-0.25, -0.2) is 9.97 Å². The van der Waals surface area contributed by atoms with Gasteiger partial charge in [0.05, 0.1) is 28.8 Å². The maximum Gasteiger partial charge on any atom is 0.406 e. The first-order chi connectivity index (χ1) is 14.9. The number of hydrogen-bond donors (Lipinski definition) is 0. The van der Waals surface area contributed by atoms with E-state index < -0.39 is 24.7 Å². The van der Waals surface area contributed by atoms with Crippen molar-refractivity contribution in [3.05, 3.63) is 47.9 Å². The van der Waals surface area contributed by atoms with E-state index in [4.69, 9.17) is 0 Å². The monoisotopic (exact) mass is 428 g/mol. The van der Waals surface area contributed by atoms with Gasteiger partial charge in [-0.2, -0.15) is 23.4 Å². The highest BCUT2D eigenvalue weighted by molar-refractivity contribution is 6.09. The van der Waals surface area contributed by atoms with E-state index in [1.807, 2.05) is 0 Å². The van der Waals surface area contributed by atoms with Gasteiger partial charge in [0, 0.05) is 29.4 Å². The molecule has 4 heterocycles. The van der Waals surface area contributed by atoms with Crippen LogP contribution in [0.3, 0.4) is 0 Å². The van der Waals surface area contributed by atoms with Crippen molar-refractivity contribution in [2.24, 2.45) is 10.2 Å². The molecule has 0 spiro atoms. The number of nitrogens with zero attached hydrogens (tertiary/aromatic N) is 6. The number of carbonyl (C=O) groups is 1. The fraction of sp³-hybridized carbons (Fsp3) is 0.429. The molecule has 0 bridgehead atoms. The molecule has 31 heavy (non-hydrogen) atoms. The summed E-state index contributed by atoms with van der Waals surface area (Å²) in [5.41, 5.74) is 2.68. The van der Waals surface area contributed by atoms with Gasteiger partial charge in [-0.1, -0.05) is 19.3 Å². The molecule has 5 rings (SSSR count). The maximum absolute atomic E-state index is 13.3. The van der Waals surface area contributed by atoms with Gasteiger partial charge in [-0.05, 0) is 18.9 Å². The lowest BCUT2D eigenvalue weighted by Crippen LogP contribution is -2.43. The Bertz CT molecular complexity index is 1090. The van der Waals surface area contributed by atoms with E-state index in [0.717, 1.165) is 36.9 Å². The van der Waals surface area contributed by atoms with Crippen LogP contribution in [0.4, 0.5) is 18.9 Å². The van der Waals surface area contributed by atoms with E-state index in [1.165, 1.54) is 18.9 Å². The van der Waals surface area contributed by atoms with Crippen LogP contribution < -0.4 is 4.90 Å². The van der Waals surface area contributed by atoms with Crippen LogP contribution >= 0.6 is 0 Å². The minimum absolute atomic E-state index is 0.0984. The summed E-state index contributed by atoms with van der Waals surface area (Å²) in [6, 6.07) is 0.799. The lowest BCUT2D eigenvalue weighted by Gasteiger charge is -2.32. The van der Waals surface area contributed by atoms with Gasteiger partial charge >= 0.3 is 6.18 Å². The average Bonchev–Trinajstić information content (AvgIpc) is 3.26. The Kier molecular flexibility index (Phi) is 4.79. The summed E-state index contributed by atoms with van der Waals surface area (Å²) in [6.07, 6.45) is 6.85. The van der Waals surface area contributed by atoms with Gasteiger partial charge in [-0.15, -0.1) is 0 Å². The largest absolute Gasteiger partial charge is 0.406 e. The molecule has 2 aliphatic heterocycles. The first-order valence-electron chi connectivity index (χ1n) is 10.2. The van der Waals surface area contributed by atoms with Crippen LogP contribution in [0.2, 0.25) is 0 Å². The van der Waals surface area contributed by atoms with Gasteiger partial charge in [0.15, 0.2) is 0 Å². The van der Waals surface area contributed by atoms with Crippen LogP contribution in [0.5, 0.6) is 0 Å². The van der Waals surface area contributed by atoms with E-state index in [9.17, 15) is 18.0 Å². The molecule has 1 amide bonds. The molecule has 0 N–H and O–H groups in total. The second-order valence-corrected chi connectivity index (χ2v) is 8.01. The molecular formula is C21H19F3N6O. The minimum Gasteiger partial charge on any atom is -0.297 e. The van der Waals surface area contributed by atoms with Crippen LogP contribution in [0.15, 0.2) is 46.8 Å². The zero-order chi connectivity index (χ0) is 21.6. The van der Waals surface area contributed by atoms with Gasteiger partial charge in [0.1, 0.15) is 18.9 Å². The Morgan fingerprint density at radius 2 is 1.87 bits per heavy atom. The zero-order valence-electron chi connectivity index (χ0n) is 16.5. The van der Waals surface area contributed by atoms with Crippen molar-refractivity contribution < 1.29 is 18.0 Å². The minimum atomic E-state index is -4.56. The van der Waals surface area contributed by atoms with E-state index >= 15 is 0 Å². The highest BCUT2D eigenvalue weighted by Gasteiger charge is 2.44. The molecule has 7 nitrogen and oxygen atoms in total. The lowest BCUT2D eigenvalue weighted by molar-refractivity contribution is -0.130. The van der Waals surface area contributed by atoms with Gasteiger partial charge in [0.25, 0.3) is 5.91 Å². The fourth-order valence-corrected chi connectivity index (χ4v) is 4.57. The summed E-state index contributed by atoms with van der Waals surface area (Å²) in [7, 11) is 0. The summed E-state index contributed by atoms with van der Waals surface area (Å²) in [5, 5.41) is 7.73. The molecule has 160 valence electrons.